The Morgan fingerprint density at radius 3 is 2.21 bits per heavy atom. The predicted octanol–water partition coefficient (Wildman–Crippen LogP) is 4.95. The average molecular weight is 421 g/mol. The number of carbonyl (C=O) groups is 2. The lowest BCUT2D eigenvalue weighted by atomic mass is 10.1. The summed E-state index contributed by atoms with van der Waals surface area (Å²) in [5.74, 6) is 0.0532. The molecule has 0 spiro atoms. The van der Waals surface area contributed by atoms with E-state index in [4.69, 9.17) is 11.6 Å². The molecular weight excluding hydrogens is 404 g/mol. The molecule has 0 N–H and O–H groups in total. The maximum absolute atomic E-state index is 13.2. The number of aromatic nitrogens is 1. The number of rotatable bonds is 6. The number of halogens is 1. The molecule has 0 radical (unpaired) electrons. The summed E-state index contributed by atoms with van der Waals surface area (Å²) in [6, 6.07) is 20.5. The molecule has 1 aliphatic rings. The second kappa shape index (κ2) is 8.64. The van der Waals surface area contributed by atoms with Crippen LogP contribution in [0.25, 0.3) is 5.57 Å². The summed E-state index contributed by atoms with van der Waals surface area (Å²) in [5, 5.41) is 0.582. The Kier molecular flexibility index (Phi) is 5.79. The Hall–Kier alpha value is -2.89. The second-order valence-corrected chi connectivity index (χ2v) is 7.96. The van der Waals surface area contributed by atoms with Crippen molar-refractivity contribution in [1.82, 2.24) is 9.88 Å². The molecule has 0 saturated carbocycles. The molecule has 2 aromatic carbocycles. The van der Waals surface area contributed by atoms with Gasteiger partial charge < -0.3 is 0 Å². The monoisotopic (exact) mass is 420 g/mol. The molecule has 0 unspecified atom stereocenters. The third-order valence-electron chi connectivity index (χ3n) is 4.57. The fourth-order valence-electron chi connectivity index (χ4n) is 3.10. The highest BCUT2D eigenvalue weighted by Crippen LogP contribution is 2.38. The van der Waals surface area contributed by atoms with Gasteiger partial charge in [0, 0.05) is 23.2 Å². The van der Waals surface area contributed by atoms with Gasteiger partial charge in [-0.15, -0.1) is 11.8 Å². The summed E-state index contributed by atoms with van der Waals surface area (Å²) in [6.07, 6.45) is 3.30. The molecule has 144 valence electrons. The third kappa shape index (κ3) is 4.26. The van der Waals surface area contributed by atoms with Crippen LogP contribution in [0.5, 0.6) is 0 Å². The minimum absolute atomic E-state index is 0.215. The van der Waals surface area contributed by atoms with Gasteiger partial charge in [-0.3, -0.25) is 19.5 Å². The summed E-state index contributed by atoms with van der Waals surface area (Å²) < 4.78 is 0. The van der Waals surface area contributed by atoms with Crippen molar-refractivity contribution < 1.29 is 9.59 Å². The van der Waals surface area contributed by atoms with Crippen molar-refractivity contribution in [3.05, 3.63) is 106 Å². The molecule has 2 amide bonds. The first-order valence-corrected chi connectivity index (χ1v) is 10.4. The van der Waals surface area contributed by atoms with Gasteiger partial charge in [-0.25, -0.2) is 0 Å². The summed E-state index contributed by atoms with van der Waals surface area (Å²) in [6.45, 7) is 0.215. The van der Waals surface area contributed by atoms with Gasteiger partial charge in [-0.2, -0.15) is 0 Å². The SMILES string of the molecule is O=C1C(SCc2ccccc2)=C(c2ccc(Cl)cc2)C(=O)N1Cc1ccncc1. The van der Waals surface area contributed by atoms with E-state index < -0.39 is 0 Å². The molecule has 0 aliphatic carbocycles. The van der Waals surface area contributed by atoms with Crippen LogP contribution in [0.1, 0.15) is 16.7 Å². The Morgan fingerprint density at radius 2 is 1.52 bits per heavy atom. The number of nitrogens with zero attached hydrogens (tertiary/aromatic N) is 2. The van der Waals surface area contributed by atoms with Crippen LogP contribution in [-0.4, -0.2) is 21.7 Å². The van der Waals surface area contributed by atoms with Gasteiger partial charge in [-0.05, 0) is 41.0 Å². The van der Waals surface area contributed by atoms with Crippen molar-refractivity contribution in [1.29, 1.82) is 0 Å². The zero-order chi connectivity index (χ0) is 20.2. The molecule has 4 nitrogen and oxygen atoms in total. The molecular formula is C23H17ClN2O2S. The van der Waals surface area contributed by atoms with E-state index in [2.05, 4.69) is 4.98 Å². The van der Waals surface area contributed by atoms with Gasteiger partial charge in [0.2, 0.25) is 0 Å². The molecule has 4 rings (SSSR count). The quantitative estimate of drug-likeness (QED) is 0.529. The van der Waals surface area contributed by atoms with Crippen LogP contribution in [0.3, 0.4) is 0 Å². The number of carbonyl (C=O) groups excluding carboxylic acids is 2. The zero-order valence-electron chi connectivity index (χ0n) is 15.4. The first-order valence-electron chi connectivity index (χ1n) is 9.05. The summed E-state index contributed by atoms with van der Waals surface area (Å²) in [7, 11) is 0. The Balaban J connectivity index is 1.67. The number of pyridine rings is 1. The van der Waals surface area contributed by atoms with Crippen LogP contribution in [0, 0.1) is 0 Å². The maximum atomic E-state index is 13.2. The molecule has 3 aromatic rings. The first-order chi connectivity index (χ1) is 14.1. The second-order valence-electron chi connectivity index (χ2n) is 6.54. The van der Waals surface area contributed by atoms with Gasteiger partial charge in [0.1, 0.15) is 0 Å². The Bertz CT molecular complexity index is 1070. The van der Waals surface area contributed by atoms with Crippen molar-refractivity contribution in [3.63, 3.8) is 0 Å². The van der Waals surface area contributed by atoms with Crippen LogP contribution in [-0.2, 0) is 21.9 Å². The number of amides is 2. The number of benzene rings is 2. The van der Waals surface area contributed by atoms with Crippen LogP contribution < -0.4 is 0 Å². The fourth-order valence-corrected chi connectivity index (χ4v) is 4.32. The van der Waals surface area contributed by atoms with E-state index in [1.54, 1.807) is 48.8 Å². The fraction of sp³-hybridized carbons (Fsp3) is 0.0870. The van der Waals surface area contributed by atoms with Crippen molar-refractivity contribution in [2.24, 2.45) is 0 Å². The lowest BCUT2D eigenvalue weighted by Gasteiger charge is -2.15. The highest BCUT2D eigenvalue weighted by Gasteiger charge is 2.39. The van der Waals surface area contributed by atoms with E-state index in [0.29, 0.717) is 26.8 Å². The zero-order valence-corrected chi connectivity index (χ0v) is 17.0. The van der Waals surface area contributed by atoms with Gasteiger partial charge in [0.15, 0.2) is 0 Å². The van der Waals surface area contributed by atoms with Crippen LogP contribution in [0.2, 0.25) is 5.02 Å². The molecule has 0 saturated heterocycles. The topological polar surface area (TPSA) is 50.3 Å². The molecule has 0 atom stereocenters. The standard InChI is InChI=1S/C23H17ClN2O2S/c24-19-8-6-18(7-9-19)20-21(29-15-17-4-2-1-3-5-17)23(28)26(22(20)27)14-16-10-12-25-13-11-16/h1-13H,14-15H2. The maximum Gasteiger partial charge on any atom is 0.268 e. The summed E-state index contributed by atoms with van der Waals surface area (Å²) in [5.41, 5.74) is 3.07. The van der Waals surface area contributed by atoms with Crippen molar-refractivity contribution in [2.45, 2.75) is 12.3 Å². The van der Waals surface area contributed by atoms with Crippen molar-refractivity contribution >= 4 is 40.8 Å². The van der Waals surface area contributed by atoms with E-state index in [1.807, 2.05) is 30.3 Å². The predicted molar refractivity (Wildman–Crippen MR) is 116 cm³/mol. The van der Waals surface area contributed by atoms with E-state index in [9.17, 15) is 9.59 Å². The van der Waals surface area contributed by atoms with Gasteiger partial charge in [-0.1, -0.05) is 54.1 Å². The van der Waals surface area contributed by atoms with Gasteiger partial charge in [0.05, 0.1) is 17.0 Å². The summed E-state index contributed by atoms with van der Waals surface area (Å²) in [4.78, 5) is 32.1. The number of hydrogen-bond acceptors (Lipinski definition) is 4. The van der Waals surface area contributed by atoms with E-state index >= 15 is 0 Å². The van der Waals surface area contributed by atoms with Crippen molar-refractivity contribution in [3.8, 4) is 0 Å². The number of hydrogen-bond donors (Lipinski definition) is 0. The molecule has 29 heavy (non-hydrogen) atoms. The largest absolute Gasteiger partial charge is 0.269 e. The minimum Gasteiger partial charge on any atom is -0.269 e. The normalized spacial score (nSPS) is 14.0. The Labute approximate surface area is 178 Å². The van der Waals surface area contributed by atoms with Gasteiger partial charge in [0.25, 0.3) is 11.8 Å². The third-order valence-corrected chi connectivity index (χ3v) is 5.97. The van der Waals surface area contributed by atoms with Gasteiger partial charge >= 0.3 is 0 Å². The van der Waals surface area contributed by atoms with Crippen molar-refractivity contribution in [2.75, 3.05) is 0 Å². The molecule has 0 fully saturated rings. The number of imide groups is 1. The van der Waals surface area contributed by atoms with Crippen LogP contribution >= 0.6 is 23.4 Å². The molecule has 0 bridgehead atoms. The summed E-state index contributed by atoms with van der Waals surface area (Å²) >= 11 is 7.40. The molecule has 1 aliphatic heterocycles. The van der Waals surface area contributed by atoms with E-state index in [-0.39, 0.29) is 18.4 Å². The highest BCUT2D eigenvalue weighted by atomic mass is 35.5. The van der Waals surface area contributed by atoms with Crippen LogP contribution in [0.15, 0.2) is 84.0 Å². The van der Waals surface area contributed by atoms with Crippen LogP contribution in [0.4, 0.5) is 0 Å². The van der Waals surface area contributed by atoms with E-state index in [0.717, 1.165) is 11.1 Å². The lowest BCUT2D eigenvalue weighted by Crippen LogP contribution is -2.30. The lowest BCUT2D eigenvalue weighted by molar-refractivity contribution is -0.137. The highest BCUT2D eigenvalue weighted by molar-refractivity contribution is 8.03. The van der Waals surface area contributed by atoms with E-state index in [1.165, 1.54) is 16.7 Å². The number of thioether (sulfide) groups is 1. The molecule has 1 aromatic heterocycles. The minimum atomic E-state index is -0.287. The molecule has 2 heterocycles. The first kappa shape index (κ1) is 19.4. The molecule has 6 heteroatoms. The Morgan fingerprint density at radius 1 is 0.828 bits per heavy atom. The average Bonchev–Trinajstić information content (AvgIpc) is 2.98. The smallest absolute Gasteiger partial charge is 0.268 e.